The van der Waals surface area contributed by atoms with Gasteiger partial charge in [-0.1, -0.05) is 106 Å². The molecule has 0 spiro atoms. The molecule has 1 atom stereocenters. The predicted octanol–water partition coefficient (Wildman–Crippen LogP) is 5.44. The molecule has 0 aliphatic carbocycles. The highest BCUT2D eigenvalue weighted by Gasteiger charge is 2.33. The molecule has 0 aliphatic heterocycles. The summed E-state index contributed by atoms with van der Waals surface area (Å²) in [6, 6.07) is 23.8. The highest BCUT2D eigenvalue weighted by atomic mass is 32.2. The monoisotopic (exact) mass is 577 g/mol. The third-order valence-electron chi connectivity index (χ3n) is 7.04. The van der Waals surface area contributed by atoms with Gasteiger partial charge in [-0.05, 0) is 42.0 Å². The van der Waals surface area contributed by atoms with Gasteiger partial charge < -0.3 is 10.2 Å². The smallest absolute Gasteiger partial charge is 0.244 e. The van der Waals surface area contributed by atoms with Crippen LogP contribution in [0.25, 0.3) is 0 Å². The lowest BCUT2D eigenvalue weighted by Gasteiger charge is -2.34. The van der Waals surface area contributed by atoms with Crippen molar-refractivity contribution in [2.75, 3.05) is 23.7 Å². The summed E-state index contributed by atoms with van der Waals surface area (Å²) in [5.41, 5.74) is 4.11. The summed E-state index contributed by atoms with van der Waals surface area (Å²) in [5.74, 6) is -0.650. The van der Waals surface area contributed by atoms with E-state index in [4.69, 9.17) is 0 Å². The van der Waals surface area contributed by atoms with E-state index in [0.717, 1.165) is 41.4 Å². The fraction of sp³-hybridized carbons (Fsp3) is 0.394. The molecule has 220 valence electrons. The lowest BCUT2D eigenvalue weighted by atomic mass is 10.0. The average Bonchev–Trinajstić information content (AvgIpc) is 2.93. The number of hydrogen-bond donors (Lipinski definition) is 1. The molecular weight excluding hydrogens is 534 g/mol. The van der Waals surface area contributed by atoms with E-state index < -0.39 is 28.5 Å². The predicted molar refractivity (Wildman–Crippen MR) is 166 cm³/mol. The van der Waals surface area contributed by atoms with Gasteiger partial charge in [-0.15, -0.1) is 0 Å². The Bertz CT molecular complexity index is 1410. The van der Waals surface area contributed by atoms with Gasteiger partial charge >= 0.3 is 0 Å². The van der Waals surface area contributed by atoms with E-state index in [-0.39, 0.29) is 18.4 Å². The Morgan fingerprint density at radius 1 is 0.902 bits per heavy atom. The lowest BCUT2D eigenvalue weighted by molar-refractivity contribution is -0.140. The zero-order valence-electron chi connectivity index (χ0n) is 24.8. The number of benzene rings is 3. The first kappa shape index (κ1) is 31.9. The van der Waals surface area contributed by atoms with Gasteiger partial charge in [0.15, 0.2) is 0 Å². The van der Waals surface area contributed by atoms with Crippen LogP contribution < -0.4 is 9.62 Å². The van der Waals surface area contributed by atoms with Crippen molar-refractivity contribution in [1.29, 1.82) is 0 Å². The Kier molecular flexibility index (Phi) is 11.5. The van der Waals surface area contributed by atoms with Crippen LogP contribution >= 0.6 is 0 Å². The zero-order chi connectivity index (χ0) is 30.0. The molecular formula is C33H43N3O4S. The third-order valence-corrected chi connectivity index (χ3v) is 8.17. The number of rotatable bonds is 14. The first-order valence-corrected chi connectivity index (χ1v) is 16.1. The number of nitrogens with one attached hydrogen (secondary N) is 1. The fourth-order valence-electron chi connectivity index (χ4n) is 4.86. The molecule has 41 heavy (non-hydrogen) atoms. The maximum Gasteiger partial charge on any atom is 0.244 e. The van der Waals surface area contributed by atoms with Crippen molar-refractivity contribution in [2.45, 2.75) is 65.5 Å². The minimum atomic E-state index is -3.82. The van der Waals surface area contributed by atoms with Crippen molar-refractivity contribution in [3.8, 4) is 0 Å². The van der Waals surface area contributed by atoms with E-state index in [9.17, 15) is 18.0 Å². The number of carbonyl (C=O) groups excluding carboxylic acids is 2. The molecule has 0 saturated heterocycles. The first-order chi connectivity index (χ1) is 19.5. The molecule has 1 N–H and O–H groups in total. The number of sulfonamides is 1. The highest BCUT2D eigenvalue weighted by Crippen LogP contribution is 2.29. The average molecular weight is 578 g/mol. The van der Waals surface area contributed by atoms with Gasteiger partial charge in [-0.25, -0.2) is 8.42 Å². The van der Waals surface area contributed by atoms with Crippen LogP contribution in [-0.4, -0.2) is 50.5 Å². The molecule has 0 radical (unpaired) electrons. The Balaban J connectivity index is 2.07. The number of aryl methyl sites for hydroxylation is 1. The maximum atomic E-state index is 14.2. The summed E-state index contributed by atoms with van der Waals surface area (Å²) >= 11 is 0. The number of amides is 2. The maximum absolute atomic E-state index is 14.2. The lowest BCUT2D eigenvalue weighted by Crippen LogP contribution is -2.53. The van der Waals surface area contributed by atoms with Gasteiger partial charge in [0.2, 0.25) is 21.8 Å². The van der Waals surface area contributed by atoms with Crippen LogP contribution in [0.4, 0.5) is 5.69 Å². The minimum Gasteiger partial charge on any atom is -0.354 e. The van der Waals surface area contributed by atoms with E-state index >= 15 is 0 Å². The van der Waals surface area contributed by atoms with Crippen molar-refractivity contribution in [3.63, 3.8) is 0 Å². The standard InChI is InChI=1S/C33H43N3O4S/c1-6-7-20-34-33(38)31(22-27-15-9-8-10-16-27)35(23-28-17-13-14-26(4)21-28)32(37)24-36(41(5,39)40)30-19-12-11-18-29(30)25(2)3/h8-19,21,25,31H,6-7,20,22-24H2,1-5H3,(H,34,38)/t31-/m1/s1. The van der Waals surface area contributed by atoms with Crippen molar-refractivity contribution in [3.05, 3.63) is 101 Å². The van der Waals surface area contributed by atoms with Gasteiger partial charge in [-0.2, -0.15) is 0 Å². The summed E-state index contributed by atoms with van der Waals surface area (Å²) in [6.07, 6.45) is 3.16. The molecule has 0 aliphatic rings. The normalized spacial score (nSPS) is 12.1. The van der Waals surface area contributed by atoms with Crippen molar-refractivity contribution < 1.29 is 18.0 Å². The van der Waals surface area contributed by atoms with Crippen LogP contribution in [0, 0.1) is 6.92 Å². The molecule has 3 rings (SSSR count). The third kappa shape index (κ3) is 9.18. The summed E-state index contributed by atoms with van der Waals surface area (Å²) in [5, 5.41) is 3.01. The molecule has 0 unspecified atom stereocenters. The van der Waals surface area contributed by atoms with Crippen molar-refractivity contribution in [2.24, 2.45) is 0 Å². The Labute approximate surface area is 245 Å². The zero-order valence-corrected chi connectivity index (χ0v) is 25.7. The van der Waals surface area contributed by atoms with Gasteiger partial charge in [0, 0.05) is 19.5 Å². The Morgan fingerprint density at radius 3 is 2.20 bits per heavy atom. The molecule has 7 nitrogen and oxygen atoms in total. The molecule has 0 aromatic heterocycles. The Morgan fingerprint density at radius 2 is 1.56 bits per heavy atom. The molecule has 8 heteroatoms. The number of hydrogen-bond acceptors (Lipinski definition) is 4. The molecule has 0 saturated carbocycles. The minimum absolute atomic E-state index is 0.0455. The van der Waals surface area contributed by atoms with E-state index in [1.54, 1.807) is 17.0 Å². The number of nitrogens with zero attached hydrogens (tertiary/aromatic N) is 2. The number of para-hydroxylation sites is 1. The van der Waals surface area contributed by atoms with Gasteiger partial charge in [0.1, 0.15) is 12.6 Å². The van der Waals surface area contributed by atoms with E-state index in [1.807, 2.05) is 87.5 Å². The Hall–Kier alpha value is -3.65. The number of unbranched alkanes of at least 4 members (excludes halogenated alkanes) is 1. The van der Waals surface area contributed by atoms with Gasteiger partial charge in [-0.3, -0.25) is 13.9 Å². The van der Waals surface area contributed by atoms with Crippen molar-refractivity contribution in [1.82, 2.24) is 10.2 Å². The fourth-order valence-corrected chi connectivity index (χ4v) is 5.73. The van der Waals surface area contributed by atoms with Gasteiger partial charge in [0.05, 0.1) is 11.9 Å². The number of carbonyl (C=O) groups is 2. The number of anilines is 1. The van der Waals surface area contributed by atoms with Gasteiger partial charge in [0.25, 0.3) is 0 Å². The van der Waals surface area contributed by atoms with Crippen LogP contribution in [0.2, 0.25) is 0 Å². The molecule has 3 aromatic carbocycles. The second-order valence-electron chi connectivity index (χ2n) is 10.8. The summed E-state index contributed by atoms with van der Waals surface area (Å²) in [6.45, 7) is 8.26. The summed E-state index contributed by atoms with van der Waals surface area (Å²) in [4.78, 5) is 29.5. The second kappa shape index (κ2) is 14.8. The molecule has 2 amide bonds. The largest absolute Gasteiger partial charge is 0.354 e. The molecule has 0 fully saturated rings. The first-order valence-electron chi connectivity index (χ1n) is 14.2. The van der Waals surface area contributed by atoms with E-state index in [0.29, 0.717) is 18.7 Å². The molecule has 3 aromatic rings. The molecule has 0 bridgehead atoms. The second-order valence-corrected chi connectivity index (χ2v) is 12.8. The van der Waals surface area contributed by atoms with Crippen LogP contribution in [0.3, 0.4) is 0 Å². The van der Waals surface area contributed by atoms with Crippen LogP contribution in [0.1, 0.15) is 61.8 Å². The highest BCUT2D eigenvalue weighted by molar-refractivity contribution is 7.92. The molecule has 0 heterocycles. The van der Waals surface area contributed by atoms with Crippen LogP contribution in [0.5, 0.6) is 0 Å². The SMILES string of the molecule is CCCCNC(=O)[C@@H](Cc1ccccc1)N(Cc1cccc(C)c1)C(=O)CN(c1ccccc1C(C)C)S(C)(=O)=O. The quantitative estimate of drug-likeness (QED) is 0.259. The van der Waals surface area contributed by atoms with E-state index in [2.05, 4.69) is 12.2 Å². The summed E-state index contributed by atoms with van der Waals surface area (Å²) < 4.78 is 27.4. The topological polar surface area (TPSA) is 86.8 Å². The summed E-state index contributed by atoms with van der Waals surface area (Å²) in [7, 11) is -3.82. The van der Waals surface area contributed by atoms with Crippen LogP contribution in [-0.2, 0) is 32.6 Å². The van der Waals surface area contributed by atoms with E-state index in [1.165, 1.54) is 4.31 Å². The van der Waals surface area contributed by atoms with Crippen LogP contribution in [0.15, 0.2) is 78.9 Å². The van der Waals surface area contributed by atoms with Crippen molar-refractivity contribution >= 4 is 27.5 Å².